The van der Waals surface area contributed by atoms with Crippen molar-refractivity contribution >= 4 is 10.0 Å². The lowest BCUT2D eigenvalue weighted by Crippen LogP contribution is -2.51. The van der Waals surface area contributed by atoms with Gasteiger partial charge >= 0.3 is 0 Å². The van der Waals surface area contributed by atoms with Crippen molar-refractivity contribution in [2.24, 2.45) is 7.05 Å². The van der Waals surface area contributed by atoms with Gasteiger partial charge in [0, 0.05) is 19.1 Å². The second-order valence-electron chi connectivity index (χ2n) is 7.95. The molecule has 0 aliphatic carbocycles. The predicted molar refractivity (Wildman–Crippen MR) is 99.5 cm³/mol. The van der Waals surface area contributed by atoms with Crippen LogP contribution in [0.15, 0.2) is 29.3 Å². The summed E-state index contributed by atoms with van der Waals surface area (Å²) in [5.41, 5.74) is 0.294. The number of piperidine rings is 1. The van der Waals surface area contributed by atoms with Crippen LogP contribution in [-0.2, 0) is 22.7 Å². The number of hydrogen-bond donors (Lipinski definition) is 1. The average molecular weight is 405 g/mol. The zero-order valence-electron chi connectivity index (χ0n) is 15.8. The first-order chi connectivity index (χ1) is 13.3. The number of fused-ring (bicyclic) bond motifs is 3. The molecule has 1 aromatic carbocycles. The summed E-state index contributed by atoms with van der Waals surface area (Å²) in [5, 5.41) is 15.5. The minimum absolute atomic E-state index is 0.180. The Labute approximate surface area is 163 Å². The van der Waals surface area contributed by atoms with E-state index in [4.69, 9.17) is 9.47 Å². The molecule has 0 radical (unpaired) electrons. The Morgan fingerprint density at radius 3 is 2.50 bits per heavy atom. The van der Waals surface area contributed by atoms with E-state index in [1.54, 1.807) is 29.0 Å². The number of aliphatic hydroxyl groups is 1. The summed E-state index contributed by atoms with van der Waals surface area (Å²) in [6.07, 6.45) is 3.64. The van der Waals surface area contributed by atoms with Gasteiger partial charge in [0.15, 0.2) is 11.5 Å². The molecule has 2 bridgehead atoms. The third-order valence-corrected chi connectivity index (χ3v) is 8.46. The van der Waals surface area contributed by atoms with E-state index in [1.807, 2.05) is 12.1 Å². The number of sulfonamides is 1. The molecule has 2 aromatic rings. The summed E-state index contributed by atoms with van der Waals surface area (Å²) < 4.78 is 40.7. The molecular formula is C19H23N3O5S. The highest BCUT2D eigenvalue weighted by Crippen LogP contribution is 2.49. The molecule has 0 saturated carbocycles. The molecule has 150 valence electrons. The Bertz CT molecular complexity index is 1030. The molecule has 28 heavy (non-hydrogen) atoms. The van der Waals surface area contributed by atoms with Crippen molar-refractivity contribution in [1.82, 2.24) is 14.1 Å². The Morgan fingerprint density at radius 1 is 1.18 bits per heavy atom. The maximum atomic E-state index is 13.3. The SMILES string of the molecule is Cc1c(S(=O)(=O)N2[C@@H]3CC[C@H]2CC(O)(c2ccc4c(c2)OCO4)C3)cnn1C. The number of benzene rings is 1. The lowest BCUT2D eigenvalue weighted by molar-refractivity contribution is -0.0341. The van der Waals surface area contributed by atoms with Crippen molar-refractivity contribution in [3.05, 3.63) is 35.7 Å². The number of nitrogens with zero attached hydrogens (tertiary/aromatic N) is 3. The quantitative estimate of drug-likeness (QED) is 0.835. The standard InChI is InChI=1S/C19H23N3O5S/c1-12-18(10-20-21(12)2)28(24,25)22-14-4-5-15(22)9-19(23,8-14)13-3-6-16-17(7-13)27-11-26-16/h3,6-7,10,14-15,23H,4-5,8-9,11H2,1-2H3/t14-,15+,19?. The minimum Gasteiger partial charge on any atom is -0.454 e. The van der Waals surface area contributed by atoms with Gasteiger partial charge in [-0.1, -0.05) is 6.07 Å². The number of aromatic nitrogens is 2. The van der Waals surface area contributed by atoms with E-state index in [1.165, 1.54) is 6.20 Å². The number of hydrogen-bond acceptors (Lipinski definition) is 6. The topological polar surface area (TPSA) is 93.9 Å². The molecule has 2 fully saturated rings. The van der Waals surface area contributed by atoms with Crippen LogP contribution in [-0.4, -0.2) is 46.5 Å². The molecule has 3 aliphatic heterocycles. The Morgan fingerprint density at radius 2 is 1.86 bits per heavy atom. The summed E-state index contributed by atoms with van der Waals surface area (Å²) in [4.78, 5) is 0.250. The van der Waals surface area contributed by atoms with E-state index in [0.717, 1.165) is 18.4 Å². The fourth-order valence-corrected chi connectivity index (χ4v) is 6.90. The molecule has 2 saturated heterocycles. The molecule has 8 nitrogen and oxygen atoms in total. The van der Waals surface area contributed by atoms with Crippen LogP contribution in [0.3, 0.4) is 0 Å². The summed E-state index contributed by atoms with van der Waals surface area (Å²) in [7, 11) is -1.92. The van der Waals surface area contributed by atoms with Gasteiger partial charge in [-0.3, -0.25) is 4.68 Å². The highest BCUT2D eigenvalue weighted by Gasteiger charge is 2.53. The van der Waals surface area contributed by atoms with Gasteiger partial charge in [0.1, 0.15) is 4.90 Å². The van der Waals surface area contributed by atoms with Crippen LogP contribution < -0.4 is 9.47 Å². The Kier molecular flexibility index (Phi) is 3.82. The molecule has 1 N–H and O–H groups in total. The summed E-state index contributed by atoms with van der Waals surface area (Å²) in [6.45, 7) is 1.94. The molecule has 1 aromatic heterocycles. The van der Waals surface area contributed by atoms with Crippen molar-refractivity contribution in [2.75, 3.05) is 6.79 Å². The van der Waals surface area contributed by atoms with Gasteiger partial charge in [0.25, 0.3) is 0 Å². The highest BCUT2D eigenvalue weighted by molar-refractivity contribution is 7.89. The van der Waals surface area contributed by atoms with Gasteiger partial charge in [-0.2, -0.15) is 9.40 Å². The van der Waals surface area contributed by atoms with Crippen molar-refractivity contribution < 1.29 is 23.0 Å². The highest BCUT2D eigenvalue weighted by atomic mass is 32.2. The summed E-state index contributed by atoms with van der Waals surface area (Å²) in [5.74, 6) is 1.29. The first-order valence-corrected chi connectivity index (χ1v) is 10.9. The van der Waals surface area contributed by atoms with Crippen molar-refractivity contribution in [2.45, 2.75) is 55.2 Å². The van der Waals surface area contributed by atoms with Crippen molar-refractivity contribution in [3.8, 4) is 11.5 Å². The fraction of sp³-hybridized carbons (Fsp3) is 0.526. The van der Waals surface area contributed by atoms with Gasteiger partial charge in [0.2, 0.25) is 16.8 Å². The maximum Gasteiger partial charge on any atom is 0.246 e. The Balaban J connectivity index is 1.47. The van der Waals surface area contributed by atoms with E-state index in [-0.39, 0.29) is 23.8 Å². The second kappa shape index (κ2) is 5.95. The first kappa shape index (κ1) is 18.0. The first-order valence-electron chi connectivity index (χ1n) is 9.44. The molecule has 9 heteroatoms. The lowest BCUT2D eigenvalue weighted by Gasteiger charge is -2.43. The summed E-state index contributed by atoms with van der Waals surface area (Å²) >= 11 is 0. The van der Waals surface area contributed by atoms with Crippen LogP contribution in [0.4, 0.5) is 0 Å². The number of rotatable bonds is 3. The van der Waals surface area contributed by atoms with E-state index in [2.05, 4.69) is 5.10 Å². The van der Waals surface area contributed by atoms with Gasteiger partial charge in [0.05, 0.1) is 17.5 Å². The summed E-state index contributed by atoms with van der Waals surface area (Å²) in [6, 6.07) is 5.00. The van der Waals surface area contributed by atoms with Crippen molar-refractivity contribution in [3.63, 3.8) is 0 Å². The largest absolute Gasteiger partial charge is 0.454 e. The molecule has 3 atom stereocenters. The number of ether oxygens (including phenoxy) is 2. The van der Waals surface area contributed by atoms with Crippen LogP contribution >= 0.6 is 0 Å². The monoisotopic (exact) mass is 405 g/mol. The van der Waals surface area contributed by atoms with Gasteiger partial charge in [-0.05, 0) is 50.3 Å². The number of aryl methyl sites for hydroxylation is 1. The molecule has 5 rings (SSSR count). The van der Waals surface area contributed by atoms with E-state index < -0.39 is 15.6 Å². The van der Waals surface area contributed by atoms with Crippen LogP contribution in [0.25, 0.3) is 0 Å². The van der Waals surface area contributed by atoms with E-state index >= 15 is 0 Å². The molecule has 4 heterocycles. The molecule has 3 aliphatic rings. The van der Waals surface area contributed by atoms with Gasteiger partial charge in [-0.25, -0.2) is 8.42 Å². The maximum absolute atomic E-state index is 13.3. The van der Waals surface area contributed by atoms with Crippen LogP contribution in [0.2, 0.25) is 0 Å². The van der Waals surface area contributed by atoms with E-state index in [0.29, 0.717) is 30.0 Å². The van der Waals surface area contributed by atoms with Crippen molar-refractivity contribution in [1.29, 1.82) is 0 Å². The lowest BCUT2D eigenvalue weighted by atomic mass is 9.81. The van der Waals surface area contributed by atoms with E-state index in [9.17, 15) is 13.5 Å². The zero-order valence-corrected chi connectivity index (χ0v) is 16.6. The van der Waals surface area contributed by atoms with Crippen LogP contribution in [0.1, 0.15) is 36.9 Å². The van der Waals surface area contributed by atoms with Gasteiger partial charge < -0.3 is 14.6 Å². The fourth-order valence-electron chi connectivity index (χ4n) is 4.84. The smallest absolute Gasteiger partial charge is 0.246 e. The normalized spacial score (nSPS) is 29.4. The average Bonchev–Trinajstić information content (AvgIpc) is 3.33. The third kappa shape index (κ3) is 2.49. The van der Waals surface area contributed by atoms with Crippen LogP contribution in [0, 0.1) is 6.92 Å². The molecule has 0 spiro atoms. The molecule has 1 unspecified atom stereocenters. The second-order valence-corrected chi connectivity index (χ2v) is 9.76. The predicted octanol–water partition coefficient (Wildman–Crippen LogP) is 1.66. The Hall–Kier alpha value is -2.10. The minimum atomic E-state index is -3.66. The molecular weight excluding hydrogens is 382 g/mol. The van der Waals surface area contributed by atoms with Crippen LogP contribution in [0.5, 0.6) is 11.5 Å². The zero-order chi connectivity index (χ0) is 19.7. The van der Waals surface area contributed by atoms with Gasteiger partial charge in [-0.15, -0.1) is 0 Å². The third-order valence-electron chi connectivity index (χ3n) is 6.36. The molecule has 0 amide bonds.